The van der Waals surface area contributed by atoms with E-state index in [1.807, 2.05) is 43.5 Å². The van der Waals surface area contributed by atoms with Crippen molar-refractivity contribution in [2.24, 2.45) is 4.99 Å². The summed E-state index contributed by atoms with van der Waals surface area (Å²) in [6, 6.07) is 11.3. The first kappa shape index (κ1) is 29.2. The quantitative estimate of drug-likeness (QED) is 0.137. The number of anilines is 2. The lowest BCUT2D eigenvalue weighted by Crippen LogP contribution is -2.09. The standard InChI is InChI=1S/C25H24Cl2F3N7S2/c1-12(32-15-8-6-5-7-9-15)18-22(39-4)24(35-34-18)33-13(2)19-21(38-3)23(31)37(36-19)20-16(26)10-14(11-17(20)27)25(28,29)30/h5-12,32H,31H2,1-4H3,(H,34,35). The monoisotopic (exact) mass is 613 g/mol. The Morgan fingerprint density at radius 2 is 1.72 bits per heavy atom. The molecule has 39 heavy (non-hydrogen) atoms. The molecule has 0 amide bonds. The summed E-state index contributed by atoms with van der Waals surface area (Å²) in [5.74, 6) is 0.645. The molecule has 7 nitrogen and oxygen atoms in total. The molecule has 0 fully saturated rings. The van der Waals surface area contributed by atoms with Gasteiger partial charge < -0.3 is 11.1 Å². The van der Waals surface area contributed by atoms with Gasteiger partial charge in [0.25, 0.3) is 0 Å². The number of rotatable bonds is 8. The normalized spacial score (nSPS) is 13.1. The Morgan fingerprint density at radius 1 is 1.10 bits per heavy atom. The molecular formula is C25H24Cl2F3N7S2. The highest BCUT2D eigenvalue weighted by atomic mass is 35.5. The van der Waals surface area contributed by atoms with Gasteiger partial charge in [-0.1, -0.05) is 41.4 Å². The average Bonchev–Trinajstić information content (AvgIpc) is 3.44. The Hall–Kier alpha value is -2.80. The van der Waals surface area contributed by atoms with Gasteiger partial charge in [-0.25, -0.2) is 9.67 Å². The van der Waals surface area contributed by atoms with Gasteiger partial charge in [-0.05, 0) is 50.6 Å². The predicted molar refractivity (Wildman–Crippen MR) is 155 cm³/mol. The van der Waals surface area contributed by atoms with Gasteiger partial charge >= 0.3 is 6.18 Å². The first-order chi connectivity index (χ1) is 18.5. The molecule has 4 N–H and O–H groups in total. The fraction of sp³-hybridized carbons (Fsp3) is 0.240. The van der Waals surface area contributed by atoms with Crippen molar-refractivity contribution in [1.29, 1.82) is 0 Å². The number of hydrogen-bond donors (Lipinski definition) is 3. The Bertz CT molecular complexity index is 1500. The zero-order chi connectivity index (χ0) is 28.5. The van der Waals surface area contributed by atoms with Crippen molar-refractivity contribution in [3.05, 3.63) is 69.5 Å². The third kappa shape index (κ3) is 6.03. The van der Waals surface area contributed by atoms with Crippen molar-refractivity contribution >= 4 is 69.8 Å². The van der Waals surface area contributed by atoms with Gasteiger partial charge in [0.1, 0.15) is 17.2 Å². The van der Waals surface area contributed by atoms with Crippen molar-refractivity contribution in [2.75, 3.05) is 23.6 Å². The van der Waals surface area contributed by atoms with Crippen LogP contribution in [0.4, 0.5) is 30.5 Å². The molecule has 0 aliphatic rings. The van der Waals surface area contributed by atoms with Crippen molar-refractivity contribution < 1.29 is 13.2 Å². The van der Waals surface area contributed by atoms with Crippen LogP contribution >= 0.6 is 46.7 Å². The van der Waals surface area contributed by atoms with Crippen molar-refractivity contribution in [1.82, 2.24) is 20.0 Å². The number of benzene rings is 2. The fourth-order valence-electron chi connectivity index (χ4n) is 3.93. The van der Waals surface area contributed by atoms with E-state index in [2.05, 4.69) is 20.6 Å². The second-order valence-corrected chi connectivity index (χ2v) is 10.8. The number of aromatic nitrogens is 4. The second kappa shape index (κ2) is 11.7. The molecule has 14 heteroatoms. The van der Waals surface area contributed by atoms with Crippen LogP contribution < -0.4 is 11.1 Å². The summed E-state index contributed by atoms with van der Waals surface area (Å²) in [7, 11) is 0. The fourth-order valence-corrected chi connectivity index (χ4v) is 5.97. The molecule has 2 heterocycles. The number of H-pyrrole nitrogens is 1. The first-order valence-corrected chi connectivity index (χ1v) is 14.6. The molecule has 0 bridgehead atoms. The van der Waals surface area contributed by atoms with Gasteiger partial charge in [-0.2, -0.15) is 23.4 Å². The van der Waals surface area contributed by atoms with Crippen molar-refractivity contribution in [3.63, 3.8) is 0 Å². The van der Waals surface area contributed by atoms with E-state index in [0.29, 0.717) is 22.1 Å². The van der Waals surface area contributed by atoms with E-state index in [4.69, 9.17) is 33.9 Å². The molecule has 2 aromatic heterocycles. The largest absolute Gasteiger partial charge is 0.416 e. The number of nitrogens with one attached hydrogen (secondary N) is 2. The van der Waals surface area contributed by atoms with E-state index in [1.54, 1.807) is 13.2 Å². The highest BCUT2D eigenvalue weighted by molar-refractivity contribution is 7.99. The summed E-state index contributed by atoms with van der Waals surface area (Å²) in [5, 5.41) is 15.0. The van der Waals surface area contributed by atoms with E-state index in [1.165, 1.54) is 28.2 Å². The SMILES string of the molecule is CSc1c(N=C(C)c2nn(-c3c(Cl)cc(C(F)(F)F)cc3Cl)c(N)c2SC)n[nH]c1C(C)Nc1ccccc1. The number of thioether (sulfide) groups is 2. The number of nitrogens with zero attached hydrogens (tertiary/aromatic N) is 4. The van der Waals surface area contributed by atoms with Gasteiger partial charge in [0, 0.05) is 5.69 Å². The van der Waals surface area contributed by atoms with Crippen LogP contribution in [0.1, 0.15) is 36.8 Å². The molecule has 4 rings (SSSR count). The number of aromatic amines is 1. The van der Waals surface area contributed by atoms with Gasteiger partial charge in [-0.15, -0.1) is 23.5 Å². The molecule has 0 aliphatic carbocycles. The highest BCUT2D eigenvalue weighted by Crippen LogP contribution is 2.40. The van der Waals surface area contributed by atoms with Crippen molar-refractivity contribution in [3.8, 4) is 5.69 Å². The van der Waals surface area contributed by atoms with Crippen LogP contribution in [-0.4, -0.2) is 38.2 Å². The zero-order valence-electron chi connectivity index (χ0n) is 21.2. The van der Waals surface area contributed by atoms with Gasteiger partial charge in [-0.3, -0.25) is 5.10 Å². The maximum Gasteiger partial charge on any atom is 0.416 e. The first-order valence-electron chi connectivity index (χ1n) is 11.4. The Kier molecular flexibility index (Phi) is 8.79. The van der Waals surface area contributed by atoms with Crippen LogP contribution in [0.2, 0.25) is 10.0 Å². The lowest BCUT2D eigenvalue weighted by molar-refractivity contribution is -0.137. The number of alkyl halides is 3. The van der Waals surface area contributed by atoms with Gasteiger partial charge in [0.15, 0.2) is 5.82 Å². The summed E-state index contributed by atoms with van der Waals surface area (Å²) in [6.45, 7) is 3.78. The smallest absolute Gasteiger partial charge is 0.383 e. The van der Waals surface area contributed by atoms with E-state index >= 15 is 0 Å². The molecule has 1 atom stereocenters. The Morgan fingerprint density at radius 3 is 2.28 bits per heavy atom. The summed E-state index contributed by atoms with van der Waals surface area (Å²) >= 11 is 15.3. The molecule has 206 valence electrons. The molecular weight excluding hydrogens is 590 g/mol. The Balaban J connectivity index is 1.72. The third-order valence-electron chi connectivity index (χ3n) is 5.78. The van der Waals surface area contributed by atoms with E-state index in [0.717, 1.165) is 28.4 Å². The minimum absolute atomic E-state index is 0.0471. The lowest BCUT2D eigenvalue weighted by Gasteiger charge is -2.15. The molecule has 2 aromatic carbocycles. The van der Waals surface area contributed by atoms with Crippen LogP contribution in [-0.2, 0) is 6.18 Å². The number of nitrogen functional groups attached to an aromatic ring is 1. The maximum atomic E-state index is 13.2. The molecule has 1 unspecified atom stereocenters. The Labute approximate surface area is 241 Å². The summed E-state index contributed by atoms with van der Waals surface area (Å²) in [4.78, 5) is 6.16. The molecule has 4 aromatic rings. The minimum atomic E-state index is -4.61. The van der Waals surface area contributed by atoms with E-state index in [9.17, 15) is 13.2 Å². The number of nitrogens with two attached hydrogens (primary N) is 1. The van der Waals surface area contributed by atoms with E-state index < -0.39 is 11.7 Å². The maximum absolute atomic E-state index is 13.2. The minimum Gasteiger partial charge on any atom is -0.383 e. The molecule has 0 aliphatic heterocycles. The second-order valence-electron chi connectivity index (χ2n) is 8.39. The summed E-state index contributed by atoms with van der Waals surface area (Å²) < 4.78 is 40.9. The molecule has 0 saturated carbocycles. The average molecular weight is 615 g/mol. The number of para-hydroxylation sites is 1. The predicted octanol–water partition coefficient (Wildman–Crippen LogP) is 8.26. The topological polar surface area (TPSA) is 96.9 Å². The number of aliphatic imine (C=N–C) groups is 1. The number of hydrogen-bond acceptors (Lipinski definition) is 7. The molecule has 0 spiro atoms. The molecule has 0 saturated heterocycles. The highest BCUT2D eigenvalue weighted by Gasteiger charge is 2.33. The van der Waals surface area contributed by atoms with Crippen LogP contribution in [0, 0.1) is 0 Å². The lowest BCUT2D eigenvalue weighted by atomic mass is 10.2. The zero-order valence-corrected chi connectivity index (χ0v) is 24.3. The van der Waals surface area contributed by atoms with E-state index in [-0.39, 0.29) is 27.6 Å². The van der Waals surface area contributed by atoms with Crippen LogP contribution in [0.3, 0.4) is 0 Å². The van der Waals surface area contributed by atoms with Crippen LogP contribution in [0.5, 0.6) is 0 Å². The third-order valence-corrected chi connectivity index (χ3v) is 7.97. The molecule has 0 radical (unpaired) electrons. The number of halogens is 5. The van der Waals surface area contributed by atoms with Gasteiger partial charge in [0.2, 0.25) is 0 Å². The van der Waals surface area contributed by atoms with Crippen LogP contribution in [0.15, 0.2) is 57.2 Å². The van der Waals surface area contributed by atoms with Gasteiger partial charge in [0.05, 0.1) is 42.8 Å². The summed E-state index contributed by atoms with van der Waals surface area (Å²) in [6.07, 6.45) is -0.861. The van der Waals surface area contributed by atoms with Crippen LogP contribution in [0.25, 0.3) is 5.69 Å². The summed E-state index contributed by atoms with van der Waals surface area (Å²) in [5.41, 5.74) is 8.22. The van der Waals surface area contributed by atoms with Crippen molar-refractivity contribution in [2.45, 2.75) is 35.9 Å².